The normalized spacial score (nSPS) is 24.3. The number of rotatable bonds is 5. The van der Waals surface area contributed by atoms with Crippen molar-refractivity contribution in [3.63, 3.8) is 0 Å². The average Bonchev–Trinajstić information content (AvgIpc) is 3.16. The van der Waals surface area contributed by atoms with Gasteiger partial charge in [0.05, 0.1) is 25.2 Å². The summed E-state index contributed by atoms with van der Waals surface area (Å²) >= 11 is 0. The Kier molecular flexibility index (Phi) is 4.41. The molecule has 7 nitrogen and oxygen atoms in total. The number of nitrogens with one attached hydrogen (secondary N) is 1. The van der Waals surface area contributed by atoms with Crippen LogP contribution in [0.4, 0.5) is 5.69 Å². The zero-order chi connectivity index (χ0) is 16.4. The Labute approximate surface area is 135 Å². The first-order valence-electron chi connectivity index (χ1n) is 7.89. The molecule has 0 radical (unpaired) electrons. The molecule has 1 unspecified atom stereocenters. The quantitative estimate of drug-likeness (QED) is 0.658. The van der Waals surface area contributed by atoms with Crippen molar-refractivity contribution in [3.05, 3.63) is 27.8 Å². The van der Waals surface area contributed by atoms with E-state index >= 15 is 0 Å². The lowest BCUT2D eigenvalue weighted by atomic mass is 9.86. The SMILES string of the molecule is COc1cc(CN2CCC3(CCNC3)C2)c([N+](=O)[O-])cc1OC. The third-order valence-electron chi connectivity index (χ3n) is 5.02. The molecule has 2 fully saturated rings. The minimum absolute atomic E-state index is 0.0909. The van der Waals surface area contributed by atoms with Gasteiger partial charge in [0.2, 0.25) is 0 Å². The second-order valence-corrected chi connectivity index (χ2v) is 6.48. The van der Waals surface area contributed by atoms with Crippen LogP contribution in [0.2, 0.25) is 0 Å². The molecule has 126 valence electrons. The molecule has 0 aromatic heterocycles. The fraction of sp³-hybridized carbons (Fsp3) is 0.625. The van der Waals surface area contributed by atoms with Gasteiger partial charge in [0, 0.05) is 25.2 Å². The predicted octanol–water partition coefficient (Wildman–Crippen LogP) is 1.80. The minimum Gasteiger partial charge on any atom is -0.493 e. The highest BCUT2D eigenvalue weighted by atomic mass is 16.6. The first-order valence-corrected chi connectivity index (χ1v) is 7.89. The number of likely N-dealkylation sites (tertiary alicyclic amines) is 1. The second kappa shape index (κ2) is 6.33. The fourth-order valence-corrected chi connectivity index (χ4v) is 3.75. The molecule has 0 bridgehead atoms. The molecule has 0 aliphatic carbocycles. The maximum absolute atomic E-state index is 11.4. The lowest BCUT2D eigenvalue weighted by Gasteiger charge is -2.23. The molecule has 1 N–H and O–H groups in total. The molecule has 2 aliphatic heterocycles. The van der Waals surface area contributed by atoms with Gasteiger partial charge in [-0.2, -0.15) is 0 Å². The summed E-state index contributed by atoms with van der Waals surface area (Å²) < 4.78 is 10.5. The maximum atomic E-state index is 11.4. The van der Waals surface area contributed by atoms with Crippen molar-refractivity contribution in [2.45, 2.75) is 19.4 Å². The van der Waals surface area contributed by atoms with Gasteiger partial charge in [0.15, 0.2) is 11.5 Å². The van der Waals surface area contributed by atoms with E-state index in [4.69, 9.17) is 9.47 Å². The van der Waals surface area contributed by atoms with Crippen molar-refractivity contribution >= 4 is 5.69 Å². The lowest BCUT2D eigenvalue weighted by Crippen LogP contribution is -2.29. The van der Waals surface area contributed by atoms with Crippen molar-refractivity contribution in [1.29, 1.82) is 0 Å². The molecule has 7 heteroatoms. The van der Waals surface area contributed by atoms with Gasteiger partial charge in [-0.1, -0.05) is 0 Å². The van der Waals surface area contributed by atoms with Gasteiger partial charge < -0.3 is 14.8 Å². The standard InChI is InChI=1S/C16H23N3O4/c1-22-14-7-12(13(19(20)21)8-15(14)23-2)9-18-6-4-16(11-18)3-5-17-10-16/h7-8,17H,3-6,9-11H2,1-2H3. The Morgan fingerprint density at radius 2 is 2.04 bits per heavy atom. The molecule has 0 amide bonds. The lowest BCUT2D eigenvalue weighted by molar-refractivity contribution is -0.385. The van der Waals surface area contributed by atoms with E-state index in [1.165, 1.54) is 19.6 Å². The van der Waals surface area contributed by atoms with Crippen LogP contribution in [0.5, 0.6) is 11.5 Å². The van der Waals surface area contributed by atoms with E-state index in [9.17, 15) is 10.1 Å². The number of hydrogen-bond donors (Lipinski definition) is 1. The summed E-state index contributed by atoms with van der Waals surface area (Å²) in [6, 6.07) is 3.19. The van der Waals surface area contributed by atoms with Crippen molar-refractivity contribution in [1.82, 2.24) is 10.2 Å². The molecular weight excluding hydrogens is 298 g/mol. The van der Waals surface area contributed by atoms with Crippen molar-refractivity contribution in [3.8, 4) is 11.5 Å². The van der Waals surface area contributed by atoms with E-state index in [0.29, 0.717) is 29.0 Å². The summed E-state index contributed by atoms with van der Waals surface area (Å²) in [6.07, 6.45) is 2.35. The van der Waals surface area contributed by atoms with Crippen molar-refractivity contribution < 1.29 is 14.4 Å². The monoisotopic (exact) mass is 321 g/mol. The van der Waals surface area contributed by atoms with Crippen LogP contribution in [0.1, 0.15) is 18.4 Å². The van der Waals surface area contributed by atoms with E-state index in [1.54, 1.807) is 13.2 Å². The Morgan fingerprint density at radius 3 is 2.65 bits per heavy atom. The number of ether oxygens (including phenoxy) is 2. The van der Waals surface area contributed by atoms with E-state index < -0.39 is 0 Å². The number of hydrogen-bond acceptors (Lipinski definition) is 6. The highest BCUT2D eigenvalue weighted by Gasteiger charge is 2.40. The molecule has 0 saturated carbocycles. The van der Waals surface area contributed by atoms with Crippen molar-refractivity contribution in [2.75, 3.05) is 40.4 Å². The predicted molar refractivity (Wildman–Crippen MR) is 86.0 cm³/mol. The highest BCUT2D eigenvalue weighted by molar-refractivity contribution is 5.54. The third-order valence-corrected chi connectivity index (χ3v) is 5.02. The topological polar surface area (TPSA) is 76.9 Å². The van der Waals surface area contributed by atoms with Crippen LogP contribution >= 0.6 is 0 Å². The molecule has 2 saturated heterocycles. The number of nitro benzene ring substituents is 1. The summed E-state index contributed by atoms with van der Waals surface area (Å²) in [7, 11) is 3.03. The number of methoxy groups -OCH3 is 2. The average molecular weight is 321 g/mol. The maximum Gasteiger partial charge on any atom is 0.277 e. The van der Waals surface area contributed by atoms with Crippen molar-refractivity contribution in [2.24, 2.45) is 5.41 Å². The molecule has 2 aliphatic rings. The second-order valence-electron chi connectivity index (χ2n) is 6.48. The molecule has 1 aromatic carbocycles. The molecule has 23 heavy (non-hydrogen) atoms. The van der Waals surface area contributed by atoms with Crippen LogP contribution in [-0.2, 0) is 6.54 Å². The summed E-state index contributed by atoms with van der Waals surface area (Å²) in [5.41, 5.74) is 1.12. The van der Waals surface area contributed by atoms with Crippen LogP contribution in [0.25, 0.3) is 0 Å². The number of nitrogens with zero attached hydrogens (tertiary/aromatic N) is 2. The Morgan fingerprint density at radius 1 is 1.30 bits per heavy atom. The largest absolute Gasteiger partial charge is 0.493 e. The van der Waals surface area contributed by atoms with E-state index in [1.807, 2.05) is 0 Å². The Balaban J connectivity index is 1.82. The van der Waals surface area contributed by atoms with Gasteiger partial charge in [0.1, 0.15) is 0 Å². The zero-order valence-electron chi connectivity index (χ0n) is 13.6. The Bertz CT molecular complexity index is 599. The Hall–Kier alpha value is -1.86. The smallest absolute Gasteiger partial charge is 0.277 e. The van der Waals surface area contributed by atoms with E-state index in [-0.39, 0.29) is 10.6 Å². The highest BCUT2D eigenvalue weighted by Crippen LogP contribution is 2.39. The zero-order valence-corrected chi connectivity index (χ0v) is 13.6. The van der Waals surface area contributed by atoms with Gasteiger partial charge in [-0.25, -0.2) is 0 Å². The van der Waals surface area contributed by atoms with E-state index in [2.05, 4.69) is 10.2 Å². The van der Waals surface area contributed by atoms with E-state index in [0.717, 1.165) is 32.6 Å². The third kappa shape index (κ3) is 3.11. The molecule has 1 spiro atoms. The molecule has 3 rings (SSSR count). The summed E-state index contributed by atoms with van der Waals surface area (Å²) in [4.78, 5) is 13.4. The van der Waals surface area contributed by atoms with Crippen LogP contribution in [0.15, 0.2) is 12.1 Å². The summed E-state index contributed by atoms with van der Waals surface area (Å²) in [5, 5.41) is 14.8. The van der Waals surface area contributed by atoms with Gasteiger partial charge >= 0.3 is 0 Å². The molecule has 1 atom stereocenters. The van der Waals surface area contributed by atoms with Crippen LogP contribution in [0, 0.1) is 15.5 Å². The van der Waals surface area contributed by atoms with Gasteiger partial charge in [-0.3, -0.25) is 15.0 Å². The molecule has 1 aromatic rings. The van der Waals surface area contributed by atoms with Crippen LogP contribution < -0.4 is 14.8 Å². The fourth-order valence-electron chi connectivity index (χ4n) is 3.75. The van der Waals surface area contributed by atoms with Gasteiger partial charge in [-0.15, -0.1) is 0 Å². The van der Waals surface area contributed by atoms with Gasteiger partial charge in [0.25, 0.3) is 5.69 Å². The number of nitro groups is 1. The van der Waals surface area contributed by atoms with Gasteiger partial charge in [-0.05, 0) is 37.4 Å². The van der Waals surface area contributed by atoms with Crippen LogP contribution in [-0.4, -0.2) is 50.2 Å². The summed E-state index contributed by atoms with van der Waals surface area (Å²) in [5.74, 6) is 0.922. The minimum atomic E-state index is -0.347. The van der Waals surface area contributed by atoms with Crippen LogP contribution in [0.3, 0.4) is 0 Å². The summed E-state index contributed by atoms with van der Waals surface area (Å²) in [6.45, 7) is 4.67. The number of benzene rings is 1. The first-order chi connectivity index (χ1) is 11.1. The molecular formula is C16H23N3O4. The molecule has 2 heterocycles. The first kappa shape index (κ1) is 16.0.